The van der Waals surface area contributed by atoms with Crippen LogP contribution in [0.5, 0.6) is 5.75 Å². The lowest BCUT2D eigenvalue weighted by molar-refractivity contribution is 0.475. The van der Waals surface area contributed by atoms with Crippen LogP contribution in [-0.2, 0) is 0 Å². The van der Waals surface area contributed by atoms with Crippen molar-refractivity contribution in [3.63, 3.8) is 0 Å². The quantitative estimate of drug-likeness (QED) is 0.621. The molecule has 4 nitrogen and oxygen atoms in total. The Hall–Kier alpha value is -2.07. The van der Waals surface area contributed by atoms with E-state index in [2.05, 4.69) is 10.2 Å². The largest absolute Gasteiger partial charge is 0.506 e. The van der Waals surface area contributed by atoms with E-state index in [1.165, 1.54) is 12.1 Å². The molecule has 2 aromatic rings. The van der Waals surface area contributed by atoms with Gasteiger partial charge < -0.3 is 10.8 Å². The number of hydrogen-bond donors (Lipinski definition) is 2. The molecule has 0 atom stereocenters. The van der Waals surface area contributed by atoms with Crippen molar-refractivity contribution in [3.05, 3.63) is 47.5 Å². The fourth-order valence-electron chi connectivity index (χ4n) is 1.21. The molecule has 0 bridgehead atoms. The molecule has 0 radical (unpaired) electrons. The summed E-state index contributed by atoms with van der Waals surface area (Å²) >= 11 is 5.75. The molecule has 0 aliphatic heterocycles. The van der Waals surface area contributed by atoms with Crippen LogP contribution in [0.1, 0.15) is 0 Å². The summed E-state index contributed by atoms with van der Waals surface area (Å²) in [4.78, 5) is 0. The van der Waals surface area contributed by atoms with Crippen molar-refractivity contribution in [3.8, 4) is 5.75 Å². The normalized spacial score (nSPS) is 10.9. The summed E-state index contributed by atoms with van der Waals surface area (Å²) in [6, 6.07) is 11.7. The third-order valence-corrected chi connectivity index (χ3v) is 2.41. The van der Waals surface area contributed by atoms with Gasteiger partial charge >= 0.3 is 0 Å². The van der Waals surface area contributed by atoms with E-state index in [4.69, 9.17) is 17.3 Å². The molecule has 0 aliphatic rings. The Morgan fingerprint density at radius 2 is 1.53 bits per heavy atom. The highest BCUT2D eigenvalue weighted by Gasteiger charge is 1.98. The molecular formula is C12H10ClN3O. The fraction of sp³-hybridized carbons (Fsp3) is 0. The van der Waals surface area contributed by atoms with Gasteiger partial charge in [0.05, 0.1) is 16.4 Å². The topological polar surface area (TPSA) is 71.0 Å². The zero-order valence-corrected chi connectivity index (χ0v) is 9.59. The van der Waals surface area contributed by atoms with Gasteiger partial charge in [-0.25, -0.2) is 0 Å². The van der Waals surface area contributed by atoms with Gasteiger partial charge in [0.15, 0.2) is 0 Å². The molecule has 0 fully saturated rings. The number of benzene rings is 2. The summed E-state index contributed by atoms with van der Waals surface area (Å²) in [5, 5.41) is 17.5. The van der Waals surface area contributed by atoms with Gasteiger partial charge in [-0.3, -0.25) is 0 Å². The number of phenolic OH excluding ortho intramolecular Hbond substituents is 1. The van der Waals surface area contributed by atoms with Crippen molar-refractivity contribution in [2.45, 2.75) is 0 Å². The number of nitrogens with zero attached hydrogens (tertiary/aromatic N) is 2. The molecule has 0 saturated heterocycles. The number of azo groups is 1. The number of hydrogen-bond acceptors (Lipinski definition) is 4. The summed E-state index contributed by atoms with van der Waals surface area (Å²) < 4.78 is 0. The Bertz CT molecular complexity index is 552. The number of aromatic hydroxyl groups is 1. The molecule has 2 aromatic carbocycles. The minimum atomic E-state index is 0.0260. The molecule has 0 amide bonds. The average molecular weight is 248 g/mol. The van der Waals surface area contributed by atoms with Gasteiger partial charge in [0, 0.05) is 5.69 Å². The molecule has 0 aliphatic carbocycles. The standard InChI is InChI=1S/C12H10ClN3O/c13-11-7-10(5-6-12(11)17)16-15-9-3-1-8(14)2-4-9/h1-7,17H,14H2. The van der Waals surface area contributed by atoms with Crippen LogP contribution >= 0.6 is 11.6 Å². The molecule has 17 heavy (non-hydrogen) atoms. The number of rotatable bonds is 2. The minimum absolute atomic E-state index is 0.0260. The molecule has 0 heterocycles. The Morgan fingerprint density at radius 3 is 2.18 bits per heavy atom. The first-order valence-corrected chi connectivity index (χ1v) is 5.29. The predicted molar refractivity (Wildman–Crippen MR) is 68.1 cm³/mol. The highest BCUT2D eigenvalue weighted by Crippen LogP contribution is 2.28. The van der Waals surface area contributed by atoms with E-state index in [-0.39, 0.29) is 10.8 Å². The van der Waals surface area contributed by atoms with Crippen molar-refractivity contribution in [1.29, 1.82) is 0 Å². The van der Waals surface area contributed by atoms with Crippen molar-refractivity contribution < 1.29 is 5.11 Å². The maximum Gasteiger partial charge on any atom is 0.134 e. The van der Waals surface area contributed by atoms with Gasteiger partial charge in [-0.2, -0.15) is 10.2 Å². The highest BCUT2D eigenvalue weighted by molar-refractivity contribution is 6.32. The molecule has 0 unspecified atom stereocenters. The van der Waals surface area contributed by atoms with Crippen LogP contribution in [0.15, 0.2) is 52.7 Å². The molecule has 0 saturated carbocycles. The van der Waals surface area contributed by atoms with Gasteiger partial charge in [0.25, 0.3) is 0 Å². The first-order valence-electron chi connectivity index (χ1n) is 4.91. The summed E-state index contributed by atoms with van der Waals surface area (Å²) in [7, 11) is 0. The van der Waals surface area contributed by atoms with E-state index in [0.29, 0.717) is 17.1 Å². The van der Waals surface area contributed by atoms with E-state index in [1.54, 1.807) is 30.3 Å². The van der Waals surface area contributed by atoms with Gasteiger partial charge in [0.2, 0.25) is 0 Å². The Morgan fingerprint density at radius 1 is 0.941 bits per heavy atom. The van der Waals surface area contributed by atoms with E-state index >= 15 is 0 Å². The van der Waals surface area contributed by atoms with Crippen LogP contribution in [0.2, 0.25) is 5.02 Å². The van der Waals surface area contributed by atoms with E-state index in [1.807, 2.05) is 0 Å². The zero-order chi connectivity index (χ0) is 12.3. The van der Waals surface area contributed by atoms with Crippen LogP contribution in [0.3, 0.4) is 0 Å². The monoisotopic (exact) mass is 247 g/mol. The maximum atomic E-state index is 9.24. The van der Waals surface area contributed by atoms with Gasteiger partial charge in [0.1, 0.15) is 5.75 Å². The van der Waals surface area contributed by atoms with Gasteiger partial charge in [-0.1, -0.05) is 11.6 Å². The molecule has 0 spiro atoms. The second kappa shape index (κ2) is 4.84. The second-order valence-corrected chi connectivity index (χ2v) is 3.83. The van der Waals surface area contributed by atoms with Crippen molar-refractivity contribution >= 4 is 28.7 Å². The van der Waals surface area contributed by atoms with Crippen LogP contribution in [-0.4, -0.2) is 5.11 Å². The lowest BCUT2D eigenvalue weighted by Gasteiger charge is -1.97. The lowest BCUT2D eigenvalue weighted by atomic mass is 10.3. The zero-order valence-electron chi connectivity index (χ0n) is 8.84. The first kappa shape index (κ1) is 11.4. The molecule has 86 valence electrons. The van der Waals surface area contributed by atoms with Crippen LogP contribution < -0.4 is 5.73 Å². The Labute approximate surface area is 103 Å². The van der Waals surface area contributed by atoms with E-state index in [0.717, 1.165) is 0 Å². The molecule has 5 heteroatoms. The number of anilines is 1. The van der Waals surface area contributed by atoms with Crippen LogP contribution in [0, 0.1) is 0 Å². The Balaban J connectivity index is 2.20. The number of nitrogens with two attached hydrogens (primary N) is 1. The van der Waals surface area contributed by atoms with Gasteiger partial charge in [-0.15, -0.1) is 0 Å². The number of nitrogen functional groups attached to an aromatic ring is 1. The van der Waals surface area contributed by atoms with E-state index < -0.39 is 0 Å². The Kier molecular flexibility index (Phi) is 3.25. The van der Waals surface area contributed by atoms with Crippen LogP contribution in [0.4, 0.5) is 17.1 Å². The predicted octanol–water partition coefficient (Wildman–Crippen LogP) is 4.04. The second-order valence-electron chi connectivity index (χ2n) is 3.43. The van der Waals surface area contributed by atoms with Gasteiger partial charge in [-0.05, 0) is 42.5 Å². The molecule has 3 N–H and O–H groups in total. The van der Waals surface area contributed by atoms with Crippen molar-refractivity contribution in [2.24, 2.45) is 10.2 Å². The number of halogens is 1. The summed E-state index contributed by atoms with van der Waals surface area (Å²) in [5.74, 6) is 0.0260. The maximum absolute atomic E-state index is 9.24. The SMILES string of the molecule is Nc1ccc(N=Nc2ccc(O)c(Cl)c2)cc1. The summed E-state index contributed by atoms with van der Waals surface area (Å²) in [5.41, 5.74) is 7.50. The minimum Gasteiger partial charge on any atom is -0.506 e. The first-order chi connectivity index (χ1) is 8.15. The molecule has 2 rings (SSSR count). The van der Waals surface area contributed by atoms with Crippen molar-refractivity contribution in [1.82, 2.24) is 0 Å². The number of phenols is 1. The van der Waals surface area contributed by atoms with E-state index in [9.17, 15) is 5.11 Å². The smallest absolute Gasteiger partial charge is 0.134 e. The van der Waals surface area contributed by atoms with Crippen molar-refractivity contribution in [2.75, 3.05) is 5.73 Å². The summed E-state index contributed by atoms with van der Waals surface area (Å²) in [6.45, 7) is 0. The lowest BCUT2D eigenvalue weighted by Crippen LogP contribution is -1.80. The third-order valence-electron chi connectivity index (χ3n) is 2.11. The molecular weight excluding hydrogens is 238 g/mol. The third kappa shape index (κ3) is 2.95. The average Bonchev–Trinajstić information content (AvgIpc) is 2.33. The highest BCUT2D eigenvalue weighted by atomic mass is 35.5. The molecule has 0 aromatic heterocycles. The fourth-order valence-corrected chi connectivity index (χ4v) is 1.39. The summed E-state index contributed by atoms with van der Waals surface area (Å²) in [6.07, 6.45) is 0. The van der Waals surface area contributed by atoms with Crippen LogP contribution in [0.25, 0.3) is 0 Å².